The number of primary amides is 1. The molecule has 0 fully saturated rings. The van der Waals surface area contributed by atoms with Crippen LogP contribution in [0.1, 0.15) is 33.5 Å². The summed E-state index contributed by atoms with van der Waals surface area (Å²) in [5, 5.41) is 12.7. The van der Waals surface area contributed by atoms with E-state index in [0.29, 0.717) is 30.9 Å². The van der Waals surface area contributed by atoms with Gasteiger partial charge in [0.05, 0.1) is 18.2 Å². The molecule has 2 aromatic carbocycles. The van der Waals surface area contributed by atoms with Gasteiger partial charge in [0.2, 0.25) is 11.8 Å². The lowest BCUT2D eigenvalue weighted by Gasteiger charge is -2.34. The minimum absolute atomic E-state index is 0.00141. The molecule has 2 amide bonds. The van der Waals surface area contributed by atoms with Gasteiger partial charge in [0, 0.05) is 18.8 Å². The molecule has 7 nitrogen and oxygen atoms in total. The number of benzene rings is 2. The van der Waals surface area contributed by atoms with E-state index in [1.54, 1.807) is 4.90 Å². The van der Waals surface area contributed by atoms with E-state index in [1.165, 1.54) is 0 Å². The highest BCUT2D eigenvalue weighted by Crippen LogP contribution is 2.28. The molecule has 1 aliphatic rings. The van der Waals surface area contributed by atoms with Gasteiger partial charge in [-0.25, -0.2) is 0 Å². The summed E-state index contributed by atoms with van der Waals surface area (Å²) in [7, 11) is 0. The summed E-state index contributed by atoms with van der Waals surface area (Å²) < 4.78 is 1.96. The minimum atomic E-state index is -0.555. The Hall–Kier alpha value is -3.89. The van der Waals surface area contributed by atoms with Crippen LogP contribution in [0.4, 0.5) is 5.82 Å². The molecule has 0 radical (unpaired) electrons. The van der Waals surface area contributed by atoms with E-state index in [9.17, 15) is 14.9 Å². The van der Waals surface area contributed by atoms with E-state index < -0.39 is 11.9 Å². The summed E-state index contributed by atoms with van der Waals surface area (Å²) in [5.41, 5.74) is 11.1. The maximum Gasteiger partial charge on any atom is 0.239 e. The van der Waals surface area contributed by atoms with Gasteiger partial charge < -0.3 is 15.6 Å². The van der Waals surface area contributed by atoms with Crippen molar-refractivity contribution < 1.29 is 9.59 Å². The van der Waals surface area contributed by atoms with Crippen molar-refractivity contribution in [3.63, 3.8) is 0 Å². The van der Waals surface area contributed by atoms with Crippen molar-refractivity contribution in [2.75, 3.05) is 11.9 Å². The van der Waals surface area contributed by atoms with Crippen molar-refractivity contribution in [3.05, 3.63) is 88.1 Å². The molecule has 0 spiro atoms. The average Bonchev–Trinajstić information content (AvgIpc) is 3.02. The summed E-state index contributed by atoms with van der Waals surface area (Å²) >= 11 is 0. The first kappa shape index (κ1) is 22.3. The van der Waals surface area contributed by atoms with E-state index in [-0.39, 0.29) is 12.5 Å². The molecule has 0 saturated heterocycles. The first-order valence-corrected chi connectivity index (χ1v) is 10.9. The second-order valence-corrected chi connectivity index (χ2v) is 8.46. The van der Waals surface area contributed by atoms with E-state index in [2.05, 4.69) is 11.4 Å². The Morgan fingerprint density at radius 1 is 1.09 bits per heavy atom. The molecular formula is C26H27N5O2. The van der Waals surface area contributed by atoms with Gasteiger partial charge in [-0.15, -0.1) is 0 Å². The first-order valence-electron chi connectivity index (χ1n) is 10.9. The van der Waals surface area contributed by atoms with E-state index in [4.69, 9.17) is 5.73 Å². The third kappa shape index (κ3) is 4.52. The zero-order valence-electron chi connectivity index (χ0n) is 18.8. The van der Waals surface area contributed by atoms with E-state index in [1.807, 2.05) is 73.0 Å². The second-order valence-electron chi connectivity index (χ2n) is 8.46. The highest BCUT2D eigenvalue weighted by molar-refractivity contribution is 5.94. The van der Waals surface area contributed by atoms with Gasteiger partial charge in [0.15, 0.2) is 0 Å². The number of amides is 2. The first-order chi connectivity index (χ1) is 15.9. The minimum Gasteiger partial charge on any atom is -0.368 e. The zero-order valence-corrected chi connectivity index (χ0v) is 18.8. The van der Waals surface area contributed by atoms with Gasteiger partial charge in [-0.3, -0.25) is 14.5 Å². The van der Waals surface area contributed by atoms with Crippen LogP contribution in [0.5, 0.6) is 0 Å². The average molecular weight is 442 g/mol. The predicted octanol–water partition coefficient (Wildman–Crippen LogP) is 2.88. The summed E-state index contributed by atoms with van der Waals surface area (Å²) in [6.07, 6.45) is 0.477. The number of carbonyl (C=O) groups is 2. The Morgan fingerprint density at radius 3 is 2.42 bits per heavy atom. The highest BCUT2D eigenvalue weighted by atomic mass is 16.2. The van der Waals surface area contributed by atoms with Gasteiger partial charge in [-0.1, -0.05) is 54.6 Å². The lowest BCUT2D eigenvalue weighted by Crippen LogP contribution is -2.51. The molecule has 3 N–H and O–H groups in total. The Labute approximate surface area is 193 Å². The molecule has 0 bridgehead atoms. The van der Waals surface area contributed by atoms with Gasteiger partial charge in [-0.05, 0) is 42.5 Å². The van der Waals surface area contributed by atoms with Crippen molar-refractivity contribution in [1.82, 2.24) is 9.47 Å². The fourth-order valence-corrected chi connectivity index (χ4v) is 4.47. The quantitative estimate of drug-likeness (QED) is 0.614. The summed E-state index contributed by atoms with van der Waals surface area (Å²) in [5.74, 6) is -0.257. The van der Waals surface area contributed by atoms with E-state index in [0.717, 1.165) is 27.9 Å². The summed E-state index contributed by atoms with van der Waals surface area (Å²) in [6, 6.07) is 19.5. The second kappa shape index (κ2) is 9.31. The zero-order chi connectivity index (χ0) is 23.5. The van der Waals surface area contributed by atoms with Crippen LogP contribution in [0.25, 0.3) is 0 Å². The molecule has 1 atom stereocenters. The Kier molecular flexibility index (Phi) is 6.29. The highest BCUT2D eigenvalue weighted by Gasteiger charge is 2.31. The number of nitriles is 1. The molecule has 0 unspecified atom stereocenters. The van der Waals surface area contributed by atoms with Crippen LogP contribution >= 0.6 is 0 Å². The number of nitrogens with one attached hydrogen (secondary N) is 1. The molecule has 3 aromatic rings. The summed E-state index contributed by atoms with van der Waals surface area (Å²) in [6.45, 7) is 4.83. The van der Waals surface area contributed by atoms with Crippen LogP contribution in [0, 0.1) is 25.2 Å². The molecule has 1 aliphatic heterocycles. The van der Waals surface area contributed by atoms with Crippen molar-refractivity contribution in [1.29, 1.82) is 5.26 Å². The SMILES string of the molecule is Cc1c(C#N)c(NC(=O)CN2Cc3ccccc3C[C@@H]2C(N)=O)n(Cc2ccccc2)c1C. The van der Waals surface area contributed by atoms with E-state index >= 15 is 0 Å². The number of nitrogens with zero attached hydrogens (tertiary/aromatic N) is 3. The molecule has 0 aliphatic carbocycles. The number of anilines is 1. The number of carbonyl (C=O) groups excluding carboxylic acids is 2. The Bertz CT molecular complexity index is 1240. The van der Waals surface area contributed by atoms with Crippen LogP contribution in [0.2, 0.25) is 0 Å². The largest absolute Gasteiger partial charge is 0.368 e. The molecular weight excluding hydrogens is 414 g/mol. The van der Waals surface area contributed by atoms with Crippen LogP contribution in [0.15, 0.2) is 54.6 Å². The number of hydrogen-bond acceptors (Lipinski definition) is 4. The molecule has 4 rings (SSSR count). The fourth-order valence-electron chi connectivity index (χ4n) is 4.47. The maximum absolute atomic E-state index is 13.1. The monoisotopic (exact) mass is 441 g/mol. The molecule has 33 heavy (non-hydrogen) atoms. The lowest BCUT2D eigenvalue weighted by atomic mass is 9.93. The topological polar surface area (TPSA) is 104 Å². The smallest absolute Gasteiger partial charge is 0.239 e. The molecule has 0 saturated carbocycles. The summed E-state index contributed by atoms with van der Waals surface area (Å²) in [4.78, 5) is 27.1. The van der Waals surface area contributed by atoms with Crippen molar-refractivity contribution in [2.45, 2.75) is 39.4 Å². The third-order valence-corrected chi connectivity index (χ3v) is 6.40. The Balaban J connectivity index is 1.59. The maximum atomic E-state index is 13.1. The molecule has 1 aromatic heterocycles. The number of fused-ring (bicyclic) bond motifs is 1. The third-order valence-electron chi connectivity index (χ3n) is 6.40. The van der Waals surface area contributed by atoms with Crippen LogP contribution in [-0.2, 0) is 29.1 Å². The standard InChI is InChI=1S/C26H27N5O2/c1-17-18(2)31(14-19-8-4-3-5-9-19)26(22(17)13-27)29-24(32)16-30-15-21-11-7-6-10-20(21)12-23(30)25(28)33/h3-11,23H,12,14-16H2,1-2H3,(H2,28,33)(H,29,32)/t23-/m1/s1. The normalized spacial score (nSPS) is 15.5. The van der Waals surface area contributed by atoms with Crippen molar-refractivity contribution in [3.8, 4) is 6.07 Å². The van der Waals surface area contributed by atoms with Gasteiger partial charge in [0.25, 0.3) is 0 Å². The van der Waals surface area contributed by atoms with Crippen LogP contribution in [0.3, 0.4) is 0 Å². The number of nitrogens with two attached hydrogens (primary N) is 1. The van der Waals surface area contributed by atoms with Gasteiger partial charge in [-0.2, -0.15) is 5.26 Å². The molecule has 7 heteroatoms. The van der Waals surface area contributed by atoms with Crippen LogP contribution in [-0.4, -0.2) is 33.9 Å². The Morgan fingerprint density at radius 2 is 1.76 bits per heavy atom. The van der Waals surface area contributed by atoms with Crippen molar-refractivity contribution in [2.24, 2.45) is 5.73 Å². The fraction of sp³-hybridized carbons (Fsp3) is 0.269. The molecule has 2 heterocycles. The number of hydrogen-bond donors (Lipinski definition) is 2. The van der Waals surface area contributed by atoms with Gasteiger partial charge in [0.1, 0.15) is 11.9 Å². The van der Waals surface area contributed by atoms with Gasteiger partial charge >= 0.3 is 0 Å². The number of rotatable bonds is 6. The number of aromatic nitrogens is 1. The lowest BCUT2D eigenvalue weighted by molar-refractivity contribution is -0.125. The van der Waals surface area contributed by atoms with Crippen molar-refractivity contribution >= 4 is 17.6 Å². The predicted molar refractivity (Wildman–Crippen MR) is 126 cm³/mol. The molecule has 168 valence electrons. The van der Waals surface area contributed by atoms with Crippen LogP contribution < -0.4 is 11.1 Å².